The van der Waals surface area contributed by atoms with Gasteiger partial charge in [0.15, 0.2) is 0 Å². The predicted molar refractivity (Wildman–Crippen MR) is 42.3 cm³/mol. The summed E-state index contributed by atoms with van der Waals surface area (Å²) in [5.41, 5.74) is -0.683. The van der Waals surface area contributed by atoms with Gasteiger partial charge in [-0.3, -0.25) is 10.1 Å². The van der Waals surface area contributed by atoms with Crippen molar-refractivity contribution in [3.8, 4) is 0 Å². The number of fused-ring (bicyclic) bond motifs is 1. The summed E-state index contributed by atoms with van der Waals surface area (Å²) in [4.78, 5) is 10.2. The first kappa shape index (κ1) is 7.98. The maximum absolute atomic E-state index is 10.5. The predicted octanol–water partition coefficient (Wildman–Crippen LogP) is 0.957. The van der Waals surface area contributed by atoms with Gasteiger partial charge >= 0.3 is 0 Å². The third-order valence-corrected chi connectivity index (χ3v) is 3.37. The first-order valence-electron chi connectivity index (χ1n) is 4.48. The molecule has 2 aliphatic carbocycles. The molecule has 0 heterocycles. The lowest BCUT2D eigenvalue weighted by Crippen LogP contribution is -2.28. The maximum Gasteiger partial charge on any atom is 0.216 e. The van der Waals surface area contributed by atoms with Crippen LogP contribution in [0.2, 0.25) is 0 Å². The number of rotatable bonds is 1. The minimum atomic E-state index is -0.683. The normalized spacial score (nSPS) is 46.1. The molecule has 0 aliphatic heterocycles. The molecule has 0 bridgehead atoms. The fraction of sp³-hybridized carbons (Fsp3) is 1.00. The van der Waals surface area contributed by atoms with Crippen LogP contribution in [-0.4, -0.2) is 21.7 Å². The van der Waals surface area contributed by atoms with Crippen LogP contribution >= 0.6 is 0 Å². The molecule has 1 N–H and O–H groups in total. The van der Waals surface area contributed by atoms with Crippen LogP contribution in [0.1, 0.15) is 32.1 Å². The van der Waals surface area contributed by atoms with E-state index in [0.29, 0.717) is 12.8 Å². The van der Waals surface area contributed by atoms with Gasteiger partial charge < -0.3 is 5.11 Å². The minimum absolute atomic E-state index is 0.202. The third-order valence-electron chi connectivity index (χ3n) is 3.37. The Balaban J connectivity index is 2.11. The summed E-state index contributed by atoms with van der Waals surface area (Å²) in [6.07, 6.45) is 3.74. The summed E-state index contributed by atoms with van der Waals surface area (Å²) < 4.78 is 0. The van der Waals surface area contributed by atoms with Crippen LogP contribution in [0, 0.1) is 16.0 Å². The molecule has 0 spiro atoms. The van der Waals surface area contributed by atoms with E-state index in [0.717, 1.165) is 19.3 Å². The lowest BCUT2D eigenvalue weighted by atomic mass is 9.95. The van der Waals surface area contributed by atoms with Crippen molar-refractivity contribution in [3.63, 3.8) is 0 Å². The highest BCUT2D eigenvalue weighted by molar-refractivity contribution is 5.00. The Labute approximate surface area is 70.7 Å². The van der Waals surface area contributed by atoms with E-state index in [-0.39, 0.29) is 10.8 Å². The first-order valence-corrected chi connectivity index (χ1v) is 4.48. The van der Waals surface area contributed by atoms with Gasteiger partial charge in [-0.1, -0.05) is 6.42 Å². The molecule has 0 amide bonds. The van der Waals surface area contributed by atoms with Gasteiger partial charge in [0.25, 0.3) is 0 Å². The van der Waals surface area contributed by atoms with E-state index < -0.39 is 11.6 Å². The zero-order valence-corrected chi connectivity index (χ0v) is 6.90. The number of hydrogen-bond donors (Lipinski definition) is 1. The molecule has 2 rings (SSSR count). The zero-order valence-electron chi connectivity index (χ0n) is 6.90. The topological polar surface area (TPSA) is 63.4 Å². The molecule has 2 fully saturated rings. The summed E-state index contributed by atoms with van der Waals surface area (Å²) in [6, 6.07) is -0.486. The fourth-order valence-corrected chi connectivity index (χ4v) is 2.71. The molecule has 0 aromatic rings. The molecule has 0 radical (unpaired) electrons. The van der Waals surface area contributed by atoms with Crippen molar-refractivity contribution in [1.29, 1.82) is 0 Å². The number of hydrogen-bond acceptors (Lipinski definition) is 3. The summed E-state index contributed by atoms with van der Waals surface area (Å²) in [7, 11) is 0. The van der Waals surface area contributed by atoms with Gasteiger partial charge in [-0.05, 0) is 18.8 Å². The van der Waals surface area contributed by atoms with Gasteiger partial charge in [-0.15, -0.1) is 0 Å². The molecule has 2 saturated carbocycles. The van der Waals surface area contributed by atoms with Crippen molar-refractivity contribution < 1.29 is 10.0 Å². The molecule has 3 unspecified atom stereocenters. The molecule has 2 aliphatic rings. The van der Waals surface area contributed by atoms with Crippen molar-refractivity contribution >= 4 is 0 Å². The molecule has 4 heteroatoms. The molecule has 4 nitrogen and oxygen atoms in total. The highest BCUT2D eigenvalue weighted by Crippen LogP contribution is 2.47. The Kier molecular flexibility index (Phi) is 1.61. The first-order chi connectivity index (χ1) is 5.62. The van der Waals surface area contributed by atoms with Gasteiger partial charge in [-0.2, -0.15) is 0 Å². The SMILES string of the molecule is O=[N+]([O-])C1CC2CCCC2(O)C1. The number of aliphatic hydroxyl groups is 1. The molecular weight excluding hydrogens is 158 g/mol. The summed E-state index contributed by atoms with van der Waals surface area (Å²) in [6.45, 7) is 0. The maximum atomic E-state index is 10.5. The average Bonchev–Trinajstić information content (AvgIpc) is 2.41. The van der Waals surface area contributed by atoms with Gasteiger partial charge in [0.2, 0.25) is 6.04 Å². The Hall–Kier alpha value is -0.640. The number of nitro groups is 1. The minimum Gasteiger partial charge on any atom is -0.389 e. The van der Waals surface area contributed by atoms with Crippen LogP contribution in [-0.2, 0) is 0 Å². The zero-order chi connectivity index (χ0) is 8.77. The van der Waals surface area contributed by atoms with Crippen molar-refractivity contribution in [1.82, 2.24) is 0 Å². The van der Waals surface area contributed by atoms with Crippen LogP contribution in [0.15, 0.2) is 0 Å². The van der Waals surface area contributed by atoms with E-state index >= 15 is 0 Å². The molecule has 0 aromatic carbocycles. The second-order valence-corrected chi connectivity index (χ2v) is 4.07. The highest BCUT2D eigenvalue weighted by atomic mass is 16.6. The monoisotopic (exact) mass is 171 g/mol. The lowest BCUT2D eigenvalue weighted by Gasteiger charge is -2.20. The van der Waals surface area contributed by atoms with E-state index in [1.807, 2.05) is 0 Å². The molecule has 68 valence electrons. The quantitative estimate of drug-likeness (QED) is 0.472. The number of nitrogens with zero attached hydrogens (tertiary/aromatic N) is 1. The van der Waals surface area contributed by atoms with Gasteiger partial charge in [0, 0.05) is 17.8 Å². The van der Waals surface area contributed by atoms with E-state index in [4.69, 9.17) is 0 Å². The van der Waals surface area contributed by atoms with Crippen LogP contribution in [0.25, 0.3) is 0 Å². The molecule has 0 saturated heterocycles. The van der Waals surface area contributed by atoms with E-state index in [1.54, 1.807) is 0 Å². The van der Waals surface area contributed by atoms with E-state index in [2.05, 4.69) is 0 Å². The van der Waals surface area contributed by atoms with Gasteiger partial charge in [0.05, 0.1) is 5.60 Å². The molecule has 12 heavy (non-hydrogen) atoms. The van der Waals surface area contributed by atoms with Crippen LogP contribution in [0.3, 0.4) is 0 Å². The standard InChI is InChI=1S/C8H13NO3/c10-8-3-1-2-6(8)4-7(5-8)9(11)12/h6-7,10H,1-5H2. The lowest BCUT2D eigenvalue weighted by molar-refractivity contribution is -0.522. The summed E-state index contributed by atoms with van der Waals surface area (Å²) in [5, 5.41) is 20.4. The van der Waals surface area contributed by atoms with E-state index in [1.165, 1.54) is 0 Å². The van der Waals surface area contributed by atoms with Crippen molar-refractivity contribution in [2.45, 2.75) is 43.7 Å². The van der Waals surface area contributed by atoms with Crippen LogP contribution in [0.5, 0.6) is 0 Å². The summed E-state index contributed by atoms with van der Waals surface area (Å²) in [5.74, 6) is 0.202. The van der Waals surface area contributed by atoms with E-state index in [9.17, 15) is 15.2 Å². The van der Waals surface area contributed by atoms with Gasteiger partial charge in [0.1, 0.15) is 0 Å². The Bertz CT molecular complexity index is 218. The second-order valence-electron chi connectivity index (χ2n) is 4.07. The second kappa shape index (κ2) is 2.42. The molecular formula is C8H13NO3. The molecule has 3 atom stereocenters. The summed E-state index contributed by atoms with van der Waals surface area (Å²) >= 11 is 0. The largest absolute Gasteiger partial charge is 0.389 e. The smallest absolute Gasteiger partial charge is 0.216 e. The third kappa shape index (κ3) is 1.02. The van der Waals surface area contributed by atoms with Crippen molar-refractivity contribution in [2.75, 3.05) is 0 Å². The fourth-order valence-electron chi connectivity index (χ4n) is 2.71. The Morgan fingerprint density at radius 2 is 2.33 bits per heavy atom. The van der Waals surface area contributed by atoms with Crippen molar-refractivity contribution in [2.24, 2.45) is 5.92 Å². The van der Waals surface area contributed by atoms with Gasteiger partial charge in [-0.25, -0.2) is 0 Å². The van der Waals surface area contributed by atoms with Crippen LogP contribution in [0.4, 0.5) is 0 Å². The van der Waals surface area contributed by atoms with Crippen molar-refractivity contribution in [3.05, 3.63) is 10.1 Å². The Morgan fingerprint density at radius 3 is 2.92 bits per heavy atom. The average molecular weight is 171 g/mol. The Morgan fingerprint density at radius 1 is 1.58 bits per heavy atom. The van der Waals surface area contributed by atoms with Crippen LogP contribution < -0.4 is 0 Å². The highest BCUT2D eigenvalue weighted by Gasteiger charge is 2.52. The molecule has 0 aromatic heterocycles.